The van der Waals surface area contributed by atoms with Crippen molar-refractivity contribution in [2.75, 3.05) is 13.2 Å². The minimum Gasteiger partial charge on any atom is -0.465 e. The quantitative estimate of drug-likeness (QED) is 0.474. The van der Waals surface area contributed by atoms with E-state index in [1.54, 1.807) is 6.92 Å². The molecule has 0 amide bonds. The molecule has 1 aromatic carbocycles. The van der Waals surface area contributed by atoms with Crippen LogP contribution in [0.1, 0.15) is 18.4 Å². The monoisotopic (exact) mass is 239 g/mol. The van der Waals surface area contributed by atoms with Crippen molar-refractivity contribution in [1.82, 2.24) is 0 Å². The lowest BCUT2D eigenvalue weighted by atomic mass is 10.00. The molecule has 1 unspecified atom stereocenters. The molecule has 92 valence electrons. The van der Waals surface area contributed by atoms with Gasteiger partial charge >= 0.3 is 5.97 Å². The Morgan fingerprint density at radius 2 is 2.06 bits per heavy atom. The van der Waals surface area contributed by atoms with Crippen LogP contribution in [-0.2, 0) is 9.53 Å². The van der Waals surface area contributed by atoms with Gasteiger partial charge in [0.15, 0.2) is 0 Å². The van der Waals surface area contributed by atoms with Gasteiger partial charge in [0.25, 0.3) is 5.69 Å². The van der Waals surface area contributed by atoms with Crippen LogP contribution in [0, 0.1) is 10.1 Å². The van der Waals surface area contributed by atoms with E-state index in [-0.39, 0.29) is 12.3 Å². The minimum atomic E-state index is -0.796. The van der Waals surface area contributed by atoms with Gasteiger partial charge < -0.3 is 9.84 Å². The number of esters is 1. The summed E-state index contributed by atoms with van der Waals surface area (Å²) in [5.41, 5.74) is 0.436. The Balaban J connectivity index is 2.89. The summed E-state index contributed by atoms with van der Waals surface area (Å²) < 4.78 is 4.79. The van der Waals surface area contributed by atoms with E-state index in [9.17, 15) is 14.9 Å². The lowest BCUT2D eigenvalue weighted by Gasteiger charge is -2.12. The molecule has 0 radical (unpaired) electrons. The van der Waals surface area contributed by atoms with E-state index in [1.807, 2.05) is 0 Å². The number of carbonyl (C=O) groups is 1. The van der Waals surface area contributed by atoms with Crippen LogP contribution in [0.4, 0.5) is 5.69 Å². The van der Waals surface area contributed by atoms with E-state index in [2.05, 4.69) is 0 Å². The Morgan fingerprint density at radius 3 is 2.47 bits per heavy atom. The van der Waals surface area contributed by atoms with Gasteiger partial charge in [0.05, 0.1) is 18.1 Å². The van der Waals surface area contributed by atoms with Crippen LogP contribution in [0.5, 0.6) is 0 Å². The summed E-state index contributed by atoms with van der Waals surface area (Å²) in [4.78, 5) is 21.4. The van der Waals surface area contributed by atoms with Crippen molar-refractivity contribution in [1.29, 1.82) is 0 Å². The first-order valence-corrected chi connectivity index (χ1v) is 5.12. The number of nitro groups is 1. The number of ether oxygens (including phenoxy) is 1. The van der Waals surface area contributed by atoms with E-state index in [4.69, 9.17) is 9.84 Å². The van der Waals surface area contributed by atoms with Gasteiger partial charge in [-0.3, -0.25) is 14.9 Å². The maximum atomic E-state index is 11.5. The fourth-order valence-corrected chi connectivity index (χ4v) is 1.39. The van der Waals surface area contributed by atoms with Crippen LogP contribution in [0.2, 0.25) is 0 Å². The van der Waals surface area contributed by atoms with Gasteiger partial charge in [0.1, 0.15) is 5.92 Å². The third kappa shape index (κ3) is 3.25. The van der Waals surface area contributed by atoms with Crippen LogP contribution in [0.25, 0.3) is 0 Å². The number of rotatable bonds is 5. The average molecular weight is 239 g/mol. The molecule has 0 aliphatic heterocycles. The number of carbonyl (C=O) groups excluding carboxylic acids is 1. The number of aliphatic hydroxyl groups is 1. The maximum Gasteiger partial charge on any atom is 0.315 e. The summed E-state index contributed by atoms with van der Waals surface area (Å²) in [6.45, 7) is 1.50. The Bertz CT molecular complexity index is 401. The molecular weight excluding hydrogens is 226 g/mol. The lowest BCUT2D eigenvalue weighted by molar-refractivity contribution is -0.384. The Morgan fingerprint density at radius 1 is 1.47 bits per heavy atom. The van der Waals surface area contributed by atoms with E-state index in [0.29, 0.717) is 5.56 Å². The average Bonchev–Trinajstić information content (AvgIpc) is 2.31. The van der Waals surface area contributed by atoms with E-state index < -0.39 is 23.4 Å². The Labute approximate surface area is 98.0 Å². The number of hydrogen-bond acceptors (Lipinski definition) is 5. The first-order valence-electron chi connectivity index (χ1n) is 5.12. The molecule has 1 atom stereocenters. The zero-order valence-electron chi connectivity index (χ0n) is 9.33. The summed E-state index contributed by atoms with van der Waals surface area (Å²) in [6.07, 6.45) is 0. The zero-order chi connectivity index (χ0) is 12.8. The summed E-state index contributed by atoms with van der Waals surface area (Å²) in [6, 6.07) is 5.46. The number of aliphatic hydroxyl groups excluding tert-OH is 1. The number of benzene rings is 1. The van der Waals surface area contributed by atoms with Crippen molar-refractivity contribution < 1.29 is 19.6 Å². The molecule has 0 aromatic heterocycles. The number of nitrogens with zero attached hydrogens (tertiary/aromatic N) is 1. The summed E-state index contributed by atoms with van der Waals surface area (Å²) in [5, 5.41) is 19.6. The summed E-state index contributed by atoms with van der Waals surface area (Å²) in [7, 11) is 0. The highest BCUT2D eigenvalue weighted by atomic mass is 16.6. The van der Waals surface area contributed by atoms with Crippen molar-refractivity contribution in [3.8, 4) is 0 Å². The van der Waals surface area contributed by atoms with Crippen molar-refractivity contribution >= 4 is 11.7 Å². The van der Waals surface area contributed by atoms with Gasteiger partial charge in [0, 0.05) is 12.1 Å². The van der Waals surface area contributed by atoms with Crippen LogP contribution in [0.15, 0.2) is 24.3 Å². The molecule has 0 heterocycles. The number of nitro benzene ring substituents is 1. The van der Waals surface area contributed by atoms with Gasteiger partial charge in [-0.1, -0.05) is 12.1 Å². The van der Waals surface area contributed by atoms with Gasteiger partial charge in [-0.05, 0) is 12.5 Å². The maximum absolute atomic E-state index is 11.5. The topological polar surface area (TPSA) is 89.7 Å². The van der Waals surface area contributed by atoms with E-state index >= 15 is 0 Å². The van der Waals surface area contributed by atoms with Crippen molar-refractivity contribution in [2.45, 2.75) is 12.8 Å². The fourth-order valence-electron chi connectivity index (χ4n) is 1.39. The number of hydrogen-bond donors (Lipinski definition) is 1. The second-order valence-electron chi connectivity index (χ2n) is 3.34. The largest absolute Gasteiger partial charge is 0.465 e. The highest BCUT2D eigenvalue weighted by molar-refractivity contribution is 5.78. The third-order valence-corrected chi connectivity index (χ3v) is 2.26. The lowest BCUT2D eigenvalue weighted by Crippen LogP contribution is -2.19. The van der Waals surface area contributed by atoms with Crippen molar-refractivity contribution in [3.63, 3.8) is 0 Å². The molecule has 0 fully saturated rings. The highest BCUT2D eigenvalue weighted by Crippen LogP contribution is 2.20. The first kappa shape index (κ1) is 13.1. The van der Waals surface area contributed by atoms with Crippen molar-refractivity contribution in [2.24, 2.45) is 0 Å². The molecular formula is C11H13NO5. The van der Waals surface area contributed by atoms with E-state index in [1.165, 1.54) is 24.3 Å². The Hall–Kier alpha value is -1.95. The second kappa shape index (κ2) is 5.95. The van der Waals surface area contributed by atoms with Gasteiger partial charge in [-0.25, -0.2) is 0 Å². The molecule has 17 heavy (non-hydrogen) atoms. The molecule has 1 rings (SSSR count). The molecule has 0 saturated carbocycles. The SMILES string of the molecule is CCOC(=O)C(CO)c1ccc([N+](=O)[O-])cc1. The molecule has 0 aliphatic rings. The Kier molecular flexibility index (Phi) is 4.59. The smallest absolute Gasteiger partial charge is 0.315 e. The number of non-ortho nitro benzene ring substituents is 1. The molecule has 0 saturated heterocycles. The molecule has 6 heteroatoms. The molecule has 1 aromatic rings. The fraction of sp³-hybridized carbons (Fsp3) is 0.364. The standard InChI is InChI=1S/C11H13NO5/c1-2-17-11(14)10(7-13)8-3-5-9(6-4-8)12(15)16/h3-6,10,13H,2,7H2,1H3. The molecule has 6 nitrogen and oxygen atoms in total. The molecule has 0 spiro atoms. The predicted molar refractivity (Wildman–Crippen MR) is 59.6 cm³/mol. The van der Waals surface area contributed by atoms with Gasteiger partial charge in [0.2, 0.25) is 0 Å². The minimum absolute atomic E-state index is 0.0608. The van der Waals surface area contributed by atoms with Crippen LogP contribution in [-0.4, -0.2) is 29.2 Å². The zero-order valence-corrected chi connectivity index (χ0v) is 9.33. The van der Waals surface area contributed by atoms with Crippen LogP contribution >= 0.6 is 0 Å². The normalized spacial score (nSPS) is 11.9. The summed E-state index contributed by atoms with van der Waals surface area (Å²) >= 11 is 0. The molecule has 1 N–H and O–H groups in total. The van der Waals surface area contributed by atoms with E-state index in [0.717, 1.165) is 0 Å². The molecule has 0 bridgehead atoms. The summed E-state index contributed by atoms with van der Waals surface area (Å²) in [5.74, 6) is -1.33. The van der Waals surface area contributed by atoms with Gasteiger partial charge in [-0.2, -0.15) is 0 Å². The predicted octanol–water partition coefficient (Wildman–Crippen LogP) is 1.23. The molecule has 0 aliphatic carbocycles. The first-order chi connectivity index (χ1) is 8.10. The second-order valence-corrected chi connectivity index (χ2v) is 3.34. The third-order valence-electron chi connectivity index (χ3n) is 2.26. The highest BCUT2D eigenvalue weighted by Gasteiger charge is 2.21. The van der Waals surface area contributed by atoms with Gasteiger partial charge in [-0.15, -0.1) is 0 Å². The van der Waals surface area contributed by atoms with Crippen molar-refractivity contribution in [3.05, 3.63) is 39.9 Å². The van der Waals surface area contributed by atoms with Crippen LogP contribution < -0.4 is 0 Å². The van der Waals surface area contributed by atoms with Crippen LogP contribution in [0.3, 0.4) is 0 Å².